The van der Waals surface area contributed by atoms with Crippen LogP contribution in [0.25, 0.3) is 16.6 Å². The second-order valence-electron chi connectivity index (χ2n) is 9.65. The van der Waals surface area contributed by atoms with Crippen molar-refractivity contribution >= 4 is 34.6 Å². The van der Waals surface area contributed by atoms with Crippen LogP contribution < -0.4 is 10.6 Å². The van der Waals surface area contributed by atoms with Crippen LogP contribution in [0.2, 0.25) is 5.02 Å². The number of benzene rings is 3. The Morgan fingerprint density at radius 3 is 2.56 bits per heavy atom. The van der Waals surface area contributed by atoms with E-state index in [0.29, 0.717) is 28.8 Å². The first kappa shape index (κ1) is 27.9. The molecular formula is C30H15ClF5N5O2. The Morgan fingerprint density at radius 1 is 1.02 bits per heavy atom. The third-order valence-electron chi connectivity index (χ3n) is 6.97. The summed E-state index contributed by atoms with van der Waals surface area (Å²) in [6, 6.07) is 12.2. The van der Waals surface area contributed by atoms with E-state index in [9.17, 15) is 36.8 Å². The maximum Gasteiger partial charge on any atom is 0.416 e. The molecule has 1 atom stereocenters. The molecule has 13 heteroatoms. The second kappa shape index (κ2) is 10.2. The van der Waals surface area contributed by atoms with Gasteiger partial charge in [0.1, 0.15) is 17.7 Å². The normalized spacial score (nSPS) is 14.3. The fourth-order valence-electron chi connectivity index (χ4n) is 5.00. The molecule has 0 spiro atoms. The number of carbonyl (C=O) groups is 2. The number of hydrogen-bond acceptors (Lipinski definition) is 4. The van der Waals surface area contributed by atoms with Gasteiger partial charge >= 0.3 is 6.18 Å². The smallest absolute Gasteiger partial charge is 0.341 e. The number of fused-ring (bicyclic) bond motifs is 2. The lowest BCUT2D eigenvalue weighted by molar-refractivity contribution is -0.137. The van der Waals surface area contributed by atoms with Crippen molar-refractivity contribution in [3.8, 4) is 17.2 Å². The highest BCUT2D eigenvalue weighted by atomic mass is 35.5. The van der Waals surface area contributed by atoms with Gasteiger partial charge in [-0.1, -0.05) is 11.6 Å². The summed E-state index contributed by atoms with van der Waals surface area (Å²) >= 11 is 6.33. The van der Waals surface area contributed by atoms with Crippen molar-refractivity contribution < 1.29 is 31.5 Å². The molecule has 0 fully saturated rings. The van der Waals surface area contributed by atoms with Crippen LogP contribution in [0.5, 0.6) is 0 Å². The molecule has 0 saturated heterocycles. The summed E-state index contributed by atoms with van der Waals surface area (Å²) in [6.07, 6.45) is -1.96. The predicted octanol–water partition coefficient (Wildman–Crippen LogP) is 6.91. The molecular weight excluding hydrogens is 593 g/mol. The summed E-state index contributed by atoms with van der Waals surface area (Å²) in [5, 5.41) is 18.9. The van der Waals surface area contributed by atoms with Gasteiger partial charge in [0.2, 0.25) is 0 Å². The van der Waals surface area contributed by atoms with E-state index in [1.807, 2.05) is 6.07 Å². The van der Waals surface area contributed by atoms with Crippen molar-refractivity contribution in [2.75, 3.05) is 5.32 Å². The van der Waals surface area contributed by atoms with Gasteiger partial charge in [-0.15, -0.1) is 0 Å². The molecule has 7 nitrogen and oxygen atoms in total. The van der Waals surface area contributed by atoms with Crippen molar-refractivity contribution in [3.05, 3.63) is 123 Å². The third kappa shape index (κ3) is 5.04. The molecule has 0 saturated carbocycles. The molecule has 2 aromatic heterocycles. The summed E-state index contributed by atoms with van der Waals surface area (Å²) in [6.45, 7) is 0. The second-order valence-corrected chi connectivity index (χ2v) is 10.1. The zero-order chi connectivity index (χ0) is 30.6. The first-order valence-electron chi connectivity index (χ1n) is 12.4. The molecule has 6 rings (SSSR count). The fourth-order valence-corrected chi connectivity index (χ4v) is 5.22. The highest BCUT2D eigenvalue weighted by Crippen LogP contribution is 2.42. The average molecular weight is 608 g/mol. The van der Waals surface area contributed by atoms with E-state index in [0.717, 1.165) is 12.1 Å². The van der Waals surface area contributed by atoms with E-state index in [-0.39, 0.29) is 39.0 Å². The maximum absolute atomic E-state index is 14.2. The quantitative estimate of drug-likeness (QED) is 0.217. The topological polar surface area (TPSA) is 99.3 Å². The summed E-state index contributed by atoms with van der Waals surface area (Å²) in [5.74, 6) is -3.61. The van der Waals surface area contributed by atoms with Gasteiger partial charge in [-0.05, 0) is 71.8 Å². The van der Waals surface area contributed by atoms with Gasteiger partial charge in [-0.3, -0.25) is 9.59 Å². The van der Waals surface area contributed by atoms with E-state index in [4.69, 9.17) is 11.6 Å². The van der Waals surface area contributed by atoms with Gasteiger partial charge < -0.3 is 10.6 Å². The van der Waals surface area contributed by atoms with Crippen LogP contribution in [0.3, 0.4) is 0 Å². The molecule has 214 valence electrons. The predicted molar refractivity (Wildman–Crippen MR) is 145 cm³/mol. The largest absolute Gasteiger partial charge is 0.416 e. The molecule has 1 aliphatic rings. The monoisotopic (exact) mass is 607 g/mol. The lowest BCUT2D eigenvalue weighted by Crippen LogP contribution is -2.21. The Balaban J connectivity index is 1.52. The number of carbonyl (C=O) groups excluding carboxylic acids is 2. The summed E-state index contributed by atoms with van der Waals surface area (Å²) in [5.41, 5.74) is 0.0394. The number of amides is 2. The zero-order valence-corrected chi connectivity index (χ0v) is 22.2. The summed E-state index contributed by atoms with van der Waals surface area (Å²) in [7, 11) is 0. The van der Waals surface area contributed by atoms with Crippen molar-refractivity contribution in [1.29, 1.82) is 5.26 Å². The number of rotatable bonds is 4. The van der Waals surface area contributed by atoms with Crippen LogP contribution >= 0.6 is 11.6 Å². The minimum atomic E-state index is -4.91. The van der Waals surface area contributed by atoms with Crippen molar-refractivity contribution in [1.82, 2.24) is 14.9 Å². The number of hydrogen-bond donors (Lipinski definition) is 2. The number of nitrogens with zero attached hydrogens (tertiary/aromatic N) is 3. The van der Waals surface area contributed by atoms with Crippen LogP contribution in [0.1, 0.15) is 49.0 Å². The van der Waals surface area contributed by atoms with Crippen LogP contribution in [0.4, 0.5) is 27.6 Å². The van der Waals surface area contributed by atoms with Gasteiger partial charge in [0.25, 0.3) is 11.8 Å². The van der Waals surface area contributed by atoms with E-state index in [1.165, 1.54) is 28.9 Å². The van der Waals surface area contributed by atoms with Gasteiger partial charge in [-0.2, -0.15) is 23.5 Å². The van der Waals surface area contributed by atoms with Crippen molar-refractivity contribution in [2.45, 2.75) is 12.2 Å². The Morgan fingerprint density at radius 2 is 1.81 bits per heavy atom. The molecule has 3 heterocycles. The Labute approximate surface area is 244 Å². The molecule has 1 unspecified atom stereocenters. The first-order valence-corrected chi connectivity index (χ1v) is 12.8. The minimum Gasteiger partial charge on any atom is -0.341 e. The van der Waals surface area contributed by atoms with E-state index in [2.05, 4.69) is 15.7 Å². The molecule has 5 aromatic rings. The van der Waals surface area contributed by atoms with E-state index < -0.39 is 46.8 Å². The molecule has 43 heavy (non-hydrogen) atoms. The average Bonchev–Trinajstić information content (AvgIpc) is 3.53. The Kier molecular flexibility index (Phi) is 6.62. The number of anilines is 1. The molecule has 3 aromatic carbocycles. The lowest BCUT2D eigenvalue weighted by atomic mass is 9.92. The van der Waals surface area contributed by atoms with Crippen molar-refractivity contribution in [2.24, 2.45) is 0 Å². The van der Waals surface area contributed by atoms with Crippen LogP contribution in [-0.2, 0) is 6.18 Å². The summed E-state index contributed by atoms with van der Waals surface area (Å²) in [4.78, 5) is 26.5. The molecule has 0 aliphatic carbocycles. The van der Waals surface area contributed by atoms with Gasteiger partial charge in [0, 0.05) is 39.2 Å². The third-order valence-corrected chi connectivity index (χ3v) is 7.31. The molecule has 0 bridgehead atoms. The van der Waals surface area contributed by atoms with Crippen LogP contribution in [-0.4, -0.2) is 21.4 Å². The van der Waals surface area contributed by atoms with E-state index >= 15 is 0 Å². The highest BCUT2D eigenvalue weighted by molar-refractivity contribution is 6.31. The molecule has 1 aliphatic heterocycles. The first-order chi connectivity index (χ1) is 20.4. The Hall–Kier alpha value is -5.28. The number of pyridine rings is 1. The van der Waals surface area contributed by atoms with Gasteiger partial charge in [0.15, 0.2) is 0 Å². The number of aromatic nitrogens is 2. The summed E-state index contributed by atoms with van der Waals surface area (Å²) < 4.78 is 69.8. The number of alkyl halides is 3. The zero-order valence-electron chi connectivity index (χ0n) is 21.4. The molecule has 0 radical (unpaired) electrons. The Bertz CT molecular complexity index is 2030. The van der Waals surface area contributed by atoms with Gasteiger partial charge in [0.05, 0.1) is 28.9 Å². The standard InChI is InChI=1S/C30H15ClF5N5O2/c31-23-2-1-19(32)11-21(23)27-26-22(29(43)40-27)7-15(14-3-4-41-25(9-14)17(12-37)13-38-41)8-24(26)39-28(42)16-5-18(30(34,35)36)10-20(33)6-16/h1-11,13,27H,(H,39,42)(H,40,43). The van der Waals surface area contributed by atoms with Gasteiger partial charge in [-0.25, -0.2) is 13.3 Å². The SMILES string of the molecule is N#Cc1cnn2ccc(-c3cc(NC(=O)c4cc(F)cc(C(F)(F)F)c4)c4c(c3)C(=O)NC4c3cc(F)ccc3Cl)cc12. The molecule has 2 amide bonds. The van der Waals surface area contributed by atoms with Crippen LogP contribution in [0, 0.1) is 23.0 Å². The maximum atomic E-state index is 14.2. The lowest BCUT2D eigenvalue weighted by Gasteiger charge is -2.19. The minimum absolute atomic E-state index is 0.0205. The van der Waals surface area contributed by atoms with Crippen LogP contribution in [0.15, 0.2) is 73.1 Å². The highest BCUT2D eigenvalue weighted by Gasteiger charge is 2.36. The fraction of sp³-hybridized carbons (Fsp3) is 0.0667. The number of nitrogens with one attached hydrogen (secondary N) is 2. The van der Waals surface area contributed by atoms with Crippen molar-refractivity contribution in [3.63, 3.8) is 0 Å². The number of nitriles is 1. The molecule has 2 N–H and O–H groups in total. The number of halogens is 6. The van der Waals surface area contributed by atoms with E-state index in [1.54, 1.807) is 18.3 Å².